The van der Waals surface area contributed by atoms with Crippen LogP contribution >= 0.6 is 23.2 Å². The molecule has 1 N–H and O–H groups in total. The maximum atomic E-state index is 12.6. The first-order chi connectivity index (χ1) is 11.2. The third-order valence-corrected chi connectivity index (χ3v) is 6.01. The van der Waals surface area contributed by atoms with E-state index in [1.54, 1.807) is 30.3 Å². The molecule has 4 nitrogen and oxygen atoms in total. The number of ether oxygens (including phenoxy) is 1. The van der Waals surface area contributed by atoms with Crippen molar-refractivity contribution >= 4 is 38.9 Å². The van der Waals surface area contributed by atoms with E-state index in [-0.39, 0.29) is 15.5 Å². The van der Waals surface area contributed by atoms with Crippen molar-refractivity contribution in [3.05, 3.63) is 52.0 Å². The monoisotopic (exact) mass is 385 g/mol. The summed E-state index contributed by atoms with van der Waals surface area (Å²) in [5.41, 5.74) is 1.02. The van der Waals surface area contributed by atoms with Crippen molar-refractivity contribution in [3.63, 3.8) is 0 Å². The van der Waals surface area contributed by atoms with Gasteiger partial charge in [0.05, 0.1) is 20.6 Å². The van der Waals surface area contributed by atoms with Crippen molar-refractivity contribution in [3.8, 4) is 5.75 Å². The van der Waals surface area contributed by atoms with Crippen molar-refractivity contribution in [2.24, 2.45) is 0 Å². The van der Waals surface area contributed by atoms with Crippen molar-refractivity contribution in [1.29, 1.82) is 0 Å². The van der Waals surface area contributed by atoms with Gasteiger partial charge in [-0.2, -0.15) is 0 Å². The first-order valence-electron chi connectivity index (χ1n) is 7.46. The molecule has 0 spiro atoms. The summed E-state index contributed by atoms with van der Waals surface area (Å²) in [6.07, 6.45) is 1.61. The number of fused-ring (bicyclic) bond motifs is 1. The topological polar surface area (TPSA) is 55.4 Å². The maximum Gasteiger partial charge on any atom is 0.261 e. The van der Waals surface area contributed by atoms with E-state index in [0.29, 0.717) is 10.7 Å². The standard InChI is InChI=1S/C17H17Cl2NO3S/c1-17(2)8-7-11-9-13(4-6-16(11)23-17)24(21,22)20-12-3-5-14(18)15(19)10-12/h3-6,9-10,20H,7-8H2,1-2H3. The second kappa shape index (κ2) is 6.14. The average Bonchev–Trinajstić information content (AvgIpc) is 2.49. The third kappa shape index (κ3) is 3.63. The molecule has 0 radical (unpaired) electrons. The SMILES string of the molecule is CC1(C)CCc2cc(S(=O)(=O)Nc3ccc(Cl)c(Cl)c3)ccc2O1. The minimum atomic E-state index is -3.71. The summed E-state index contributed by atoms with van der Waals surface area (Å²) in [6.45, 7) is 4.04. The Morgan fingerprint density at radius 3 is 2.54 bits per heavy atom. The van der Waals surface area contributed by atoms with E-state index in [9.17, 15) is 8.42 Å². The lowest BCUT2D eigenvalue weighted by Gasteiger charge is -2.32. The van der Waals surface area contributed by atoms with Crippen LogP contribution in [0.5, 0.6) is 5.75 Å². The van der Waals surface area contributed by atoms with Crippen LogP contribution in [0.25, 0.3) is 0 Å². The number of aryl methyl sites for hydroxylation is 1. The Labute approximate surface area is 151 Å². The molecular weight excluding hydrogens is 369 g/mol. The Hall–Kier alpha value is -1.43. The molecule has 1 aliphatic heterocycles. The fourth-order valence-electron chi connectivity index (χ4n) is 2.58. The molecule has 0 saturated heterocycles. The van der Waals surface area contributed by atoms with Gasteiger partial charge in [-0.15, -0.1) is 0 Å². The van der Waals surface area contributed by atoms with Crippen LogP contribution in [-0.2, 0) is 16.4 Å². The molecule has 0 aromatic heterocycles. The zero-order valence-corrected chi connectivity index (χ0v) is 15.6. The number of sulfonamides is 1. The lowest BCUT2D eigenvalue weighted by molar-refractivity contribution is 0.0845. The van der Waals surface area contributed by atoms with Gasteiger partial charge >= 0.3 is 0 Å². The summed E-state index contributed by atoms with van der Waals surface area (Å²) in [5, 5.41) is 0.658. The Morgan fingerprint density at radius 2 is 1.83 bits per heavy atom. The zero-order chi connectivity index (χ0) is 17.5. The molecule has 0 amide bonds. The molecule has 2 aromatic rings. The average molecular weight is 386 g/mol. The number of anilines is 1. The van der Waals surface area contributed by atoms with Crippen LogP contribution in [-0.4, -0.2) is 14.0 Å². The van der Waals surface area contributed by atoms with Gasteiger partial charge in [-0.25, -0.2) is 8.42 Å². The number of hydrogen-bond acceptors (Lipinski definition) is 3. The largest absolute Gasteiger partial charge is 0.488 e. The van der Waals surface area contributed by atoms with Gasteiger partial charge in [-0.1, -0.05) is 23.2 Å². The van der Waals surface area contributed by atoms with E-state index in [4.69, 9.17) is 27.9 Å². The number of halogens is 2. The van der Waals surface area contributed by atoms with Crippen LogP contribution in [0.15, 0.2) is 41.3 Å². The first kappa shape index (κ1) is 17.4. The van der Waals surface area contributed by atoms with Crippen LogP contribution in [0.3, 0.4) is 0 Å². The molecule has 2 aromatic carbocycles. The fraction of sp³-hybridized carbons (Fsp3) is 0.294. The Bertz CT molecular complexity index is 895. The molecule has 7 heteroatoms. The summed E-state index contributed by atoms with van der Waals surface area (Å²) >= 11 is 11.8. The molecule has 0 saturated carbocycles. The summed E-state index contributed by atoms with van der Waals surface area (Å²) in [7, 11) is -3.71. The Morgan fingerprint density at radius 1 is 1.08 bits per heavy atom. The predicted octanol–water partition coefficient (Wildman–Crippen LogP) is 4.90. The van der Waals surface area contributed by atoms with Gasteiger partial charge in [-0.05, 0) is 68.7 Å². The highest BCUT2D eigenvalue weighted by molar-refractivity contribution is 7.92. The molecule has 0 bridgehead atoms. The summed E-state index contributed by atoms with van der Waals surface area (Å²) in [6, 6.07) is 9.50. The van der Waals surface area contributed by atoms with Crippen molar-refractivity contribution in [2.45, 2.75) is 37.2 Å². The molecule has 24 heavy (non-hydrogen) atoms. The summed E-state index contributed by atoms with van der Waals surface area (Å²) in [5.74, 6) is 0.736. The van der Waals surface area contributed by atoms with Crippen LogP contribution in [0.1, 0.15) is 25.8 Å². The predicted molar refractivity (Wildman–Crippen MR) is 96.7 cm³/mol. The fourth-order valence-corrected chi connectivity index (χ4v) is 3.97. The van der Waals surface area contributed by atoms with Crippen LogP contribution in [0.4, 0.5) is 5.69 Å². The smallest absolute Gasteiger partial charge is 0.261 e. The van der Waals surface area contributed by atoms with Crippen molar-refractivity contribution in [2.75, 3.05) is 4.72 Å². The van der Waals surface area contributed by atoms with Gasteiger partial charge in [0.2, 0.25) is 0 Å². The quantitative estimate of drug-likeness (QED) is 0.817. The molecule has 128 valence electrons. The summed E-state index contributed by atoms with van der Waals surface area (Å²) in [4.78, 5) is 0.190. The van der Waals surface area contributed by atoms with E-state index in [1.165, 1.54) is 6.07 Å². The highest BCUT2D eigenvalue weighted by Crippen LogP contribution is 2.34. The number of nitrogens with one attached hydrogen (secondary N) is 1. The highest BCUT2D eigenvalue weighted by atomic mass is 35.5. The van der Waals surface area contributed by atoms with Gasteiger partial charge in [0, 0.05) is 0 Å². The summed E-state index contributed by atoms with van der Waals surface area (Å²) < 4.78 is 33.6. The number of hydrogen-bond donors (Lipinski definition) is 1. The molecule has 1 aliphatic rings. The second-order valence-corrected chi connectivity index (χ2v) is 8.86. The molecule has 0 fully saturated rings. The van der Waals surface area contributed by atoms with Crippen LogP contribution in [0, 0.1) is 0 Å². The number of benzene rings is 2. The van der Waals surface area contributed by atoms with Crippen LogP contribution < -0.4 is 9.46 Å². The molecule has 3 rings (SSSR count). The van der Waals surface area contributed by atoms with Gasteiger partial charge in [-0.3, -0.25) is 4.72 Å². The molecule has 0 atom stereocenters. The minimum Gasteiger partial charge on any atom is -0.488 e. The Balaban J connectivity index is 1.89. The number of rotatable bonds is 3. The van der Waals surface area contributed by atoms with Crippen molar-refractivity contribution < 1.29 is 13.2 Å². The van der Waals surface area contributed by atoms with Gasteiger partial charge in [0.15, 0.2) is 0 Å². The zero-order valence-electron chi connectivity index (χ0n) is 13.3. The Kier molecular flexibility index (Phi) is 4.45. The molecular formula is C17H17Cl2NO3S. The van der Waals surface area contributed by atoms with Gasteiger partial charge in [0.1, 0.15) is 11.4 Å². The molecule has 0 aliphatic carbocycles. The van der Waals surface area contributed by atoms with E-state index in [1.807, 2.05) is 13.8 Å². The van der Waals surface area contributed by atoms with E-state index in [2.05, 4.69) is 4.72 Å². The second-order valence-electron chi connectivity index (χ2n) is 6.37. The van der Waals surface area contributed by atoms with E-state index in [0.717, 1.165) is 24.2 Å². The maximum absolute atomic E-state index is 12.6. The van der Waals surface area contributed by atoms with Gasteiger partial charge < -0.3 is 4.74 Å². The molecule has 0 unspecified atom stereocenters. The lowest BCUT2D eigenvalue weighted by Crippen LogP contribution is -2.32. The van der Waals surface area contributed by atoms with E-state index >= 15 is 0 Å². The lowest BCUT2D eigenvalue weighted by atomic mass is 9.94. The molecule has 1 heterocycles. The van der Waals surface area contributed by atoms with Crippen LogP contribution in [0.2, 0.25) is 10.0 Å². The minimum absolute atomic E-state index is 0.190. The third-order valence-electron chi connectivity index (χ3n) is 3.90. The first-order valence-corrected chi connectivity index (χ1v) is 9.70. The normalized spacial score (nSPS) is 16.2. The van der Waals surface area contributed by atoms with Crippen molar-refractivity contribution in [1.82, 2.24) is 0 Å². The van der Waals surface area contributed by atoms with E-state index < -0.39 is 10.0 Å². The van der Waals surface area contributed by atoms with Gasteiger partial charge in [0.25, 0.3) is 10.0 Å². The highest BCUT2D eigenvalue weighted by Gasteiger charge is 2.27.